The summed E-state index contributed by atoms with van der Waals surface area (Å²) in [5, 5.41) is 20.7. The Hall–Kier alpha value is -3.83. The number of amides is 4. The molecule has 79 heavy (non-hydrogen) atoms. The maximum absolute atomic E-state index is 14.4. The van der Waals surface area contributed by atoms with Crippen LogP contribution in [0, 0.1) is 29.6 Å². The van der Waals surface area contributed by atoms with E-state index in [0.717, 1.165) is 17.2 Å². The number of benzene rings is 1. The normalized spacial score (nSPS) is 14.4. The lowest BCUT2D eigenvalue weighted by atomic mass is 10.0. The lowest BCUT2D eigenvalue weighted by Crippen LogP contribution is -2.55. The quantitative estimate of drug-likeness (QED) is 0.0512. The van der Waals surface area contributed by atoms with Crippen molar-refractivity contribution in [2.24, 2.45) is 35.3 Å². The third kappa shape index (κ3) is 30.7. The summed E-state index contributed by atoms with van der Waals surface area (Å²) in [6, 6.07) is 5.03. The van der Waals surface area contributed by atoms with Crippen molar-refractivity contribution in [3.8, 4) is 0 Å². The van der Waals surface area contributed by atoms with E-state index in [-0.39, 0.29) is 74.1 Å². The van der Waals surface area contributed by atoms with Crippen LogP contribution in [0.15, 0.2) is 30.3 Å². The third-order valence-electron chi connectivity index (χ3n) is 12.1. The molecule has 0 aliphatic heterocycles. The molecule has 27 heteroatoms. The molecule has 0 spiro atoms. The number of hydrogen-bond acceptors (Lipinski definition) is 14. The second kappa shape index (κ2) is 35.2. The minimum atomic E-state index is -4.30. The summed E-state index contributed by atoms with van der Waals surface area (Å²) >= 11 is 0. The second-order valence-electron chi connectivity index (χ2n) is 22.7. The van der Waals surface area contributed by atoms with Gasteiger partial charge in [0.05, 0.1) is 42.6 Å². The van der Waals surface area contributed by atoms with E-state index in [0.29, 0.717) is 31.4 Å². The smallest absolute Gasteiger partial charge is 0.303 e. The van der Waals surface area contributed by atoms with Crippen LogP contribution in [0.3, 0.4) is 0 Å². The van der Waals surface area contributed by atoms with Gasteiger partial charge in [0.15, 0.2) is 0 Å². The molecule has 0 aliphatic rings. The Morgan fingerprint density at radius 3 is 1.25 bits per heavy atom. The number of nitrogens with two attached hydrogens (primary N) is 1. The summed E-state index contributed by atoms with van der Waals surface area (Å²) in [5.74, 6) is -6.83. The highest BCUT2D eigenvalue weighted by atomic mass is 32.2. The number of likely N-dealkylation sites (N-methyl/N-ethyl adjacent to an activating group) is 1. The van der Waals surface area contributed by atoms with Gasteiger partial charge in [-0.1, -0.05) is 113 Å². The number of carbonyl (C=O) groups excluding carboxylic acids is 4. The van der Waals surface area contributed by atoms with Gasteiger partial charge in [-0.05, 0) is 73.8 Å². The molecule has 7 N–H and O–H groups in total. The average Bonchev–Trinajstić information content (AvgIpc) is 3.27. The topological polar surface area (TPSA) is 329 Å². The highest BCUT2D eigenvalue weighted by Gasteiger charge is 2.35. The van der Waals surface area contributed by atoms with E-state index in [1.54, 1.807) is 92.6 Å². The lowest BCUT2D eigenvalue weighted by molar-refractivity contribution is -0.137. The van der Waals surface area contributed by atoms with Crippen LogP contribution in [0.1, 0.15) is 127 Å². The van der Waals surface area contributed by atoms with Gasteiger partial charge in [-0.3, -0.25) is 24.0 Å². The van der Waals surface area contributed by atoms with Crippen molar-refractivity contribution < 1.29 is 62.8 Å². The molecule has 1 rings (SSSR count). The van der Waals surface area contributed by atoms with E-state index < -0.39 is 150 Å². The zero-order valence-electron chi connectivity index (χ0n) is 49.0. The molecule has 1 aromatic carbocycles. The monoisotopic (exact) mass is 1200 g/mol. The Bertz CT molecular complexity index is 2500. The van der Waals surface area contributed by atoms with E-state index in [1.807, 2.05) is 13.8 Å². The van der Waals surface area contributed by atoms with Crippen molar-refractivity contribution >= 4 is 69.7 Å². The number of nitrogens with zero attached hydrogens (tertiary/aromatic N) is 4. The molecule has 0 aliphatic carbocycles. The molecule has 458 valence electrons. The molecule has 0 radical (unpaired) electrons. The van der Waals surface area contributed by atoms with Crippen LogP contribution < -0.4 is 27.0 Å². The largest absolute Gasteiger partial charge is 0.481 e. The molecular formula is C52H97N9O14S4. The second-order valence-corrected chi connectivity index (χ2v) is 30.8. The van der Waals surface area contributed by atoms with E-state index in [1.165, 1.54) is 6.92 Å². The van der Waals surface area contributed by atoms with Crippen molar-refractivity contribution in [2.45, 2.75) is 152 Å². The summed E-state index contributed by atoms with van der Waals surface area (Å²) in [4.78, 5) is 66.4. The molecule has 0 heterocycles. The number of carboxylic acids is 1. The first-order chi connectivity index (χ1) is 36.5. The highest BCUT2D eigenvalue weighted by Crippen LogP contribution is 2.18. The van der Waals surface area contributed by atoms with Gasteiger partial charge < -0.3 is 32.1 Å². The maximum Gasteiger partial charge on any atom is 0.303 e. The van der Waals surface area contributed by atoms with Crippen LogP contribution >= 0.6 is 0 Å². The molecule has 0 saturated heterocycles. The summed E-state index contributed by atoms with van der Waals surface area (Å²) in [7, 11) is -16.5. The molecule has 0 unspecified atom stereocenters. The van der Waals surface area contributed by atoms with E-state index >= 15 is 0 Å². The highest BCUT2D eigenvalue weighted by molar-refractivity contribution is 7.89. The molecule has 0 aromatic heterocycles. The first kappa shape index (κ1) is 73.2. The number of nitrogens with one attached hydrogen (secondary N) is 4. The molecule has 0 fully saturated rings. The summed E-state index contributed by atoms with van der Waals surface area (Å²) in [6.07, 6.45) is 1.22. The van der Waals surface area contributed by atoms with Crippen LogP contribution in [0.2, 0.25) is 0 Å². The first-order valence-electron chi connectivity index (χ1n) is 27.5. The van der Waals surface area contributed by atoms with Gasteiger partial charge in [0, 0.05) is 70.2 Å². The van der Waals surface area contributed by atoms with E-state index in [2.05, 4.69) is 21.3 Å². The van der Waals surface area contributed by atoms with Gasteiger partial charge in [-0.15, -0.1) is 0 Å². The van der Waals surface area contributed by atoms with Gasteiger partial charge in [0.2, 0.25) is 63.7 Å². The molecule has 4 atom stereocenters. The Kier molecular flexibility index (Phi) is 32.6. The first-order valence-corrected chi connectivity index (χ1v) is 34.0. The van der Waals surface area contributed by atoms with Crippen molar-refractivity contribution in [1.29, 1.82) is 0 Å². The Labute approximate surface area is 473 Å². The minimum absolute atomic E-state index is 0.0130. The number of sulfonamides is 4. The molecular weight excluding hydrogens is 1100 g/mol. The summed E-state index contributed by atoms with van der Waals surface area (Å²) in [5.41, 5.74) is 6.35. The number of carboxylic acid groups (broad SMARTS) is 1. The van der Waals surface area contributed by atoms with Crippen LogP contribution in [0.25, 0.3) is 0 Å². The number of unbranched alkanes of at least 4 members (excludes halogenated alkanes) is 1. The molecule has 23 nitrogen and oxygen atoms in total. The Morgan fingerprint density at radius 2 is 0.873 bits per heavy atom. The van der Waals surface area contributed by atoms with Gasteiger partial charge >= 0.3 is 5.97 Å². The molecule has 1 aromatic rings. The van der Waals surface area contributed by atoms with Crippen molar-refractivity contribution in [2.75, 3.05) is 81.9 Å². The zero-order chi connectivity index (χ0) is 60.5. The number of carbonyl (C=O) groups is 5. The van der Waals surface area contributed by atoms with Gasteiger partial charge in [-0.25, -0.2) is 38.0 Å². The number of hydrogen-bond donors (Lipinski definition) is 6. The molecule has 0 bridgehead atoms. The summed E-state index contributed by atoms with van der Waals surface area (Å²) < 4.78 is 115. The van der Waals surface area contributed by atoms with Crippen molar-refractivity contribution in [3.63, 3.8) is 0 Å². The fraction of sp³-hybridized carbons (Fsp3) is 0.788. The molecule has 4 amide bonds. The van der Waals surface area contributed by atoms with Crippen molar-refractivity contribution in [3.05, 3.63) is 35.9 Å². The van der Waals surface area contributed by atoms with Crippen LogP contribution in [0.5, 0.6) is 0 Å². The number of rotatable bonds is 42. The van der Waals surface area contributed by atoms with Gasteiger partial charge in [-0.2, -0.15) is 12.9 Å². The van der Waals surface area contributed by atoms with Crippen LogP contribution in [-0.2, 0) is 70.5 Å². The van der Waals surface area contributed by atoms with Crippen LogP contribution in [0.4, 0.5) is 0 Å². The third-order valence-corrected chi connectivity index (χ3v) is 20.8. The van der Waals surface area contributed by atoms with Gasteiger partial charge in [0.1, 0.15) is 0 Å². The van der Waals surface area contributed by atoms with Gasteiger partial charge in [0.25, 0.3) is 0 Å². The predicted molar refractivity (Wildman–Crippen MR) is 309 cm³/mol. The van der Waals surface area contributed by atoms with Crippen molar-refractivity contribution in [1.82, 2.24) is 38.5 Å². The molecule has 0 saturated carbocycles. The maximum atomic E-state index is 14.4. The van der Waals surface area contributed by atoms with E-state index in [4.69, 9.17) is 5.73 Å². The predicted octanol–water partition coefficient (Wildman–Crippen LogP) is 2.40. The fourth-order valence-electron chi connectivity index (χ4n) is 9.01. The fourth-order valence-corrected chi connectivity index (χ4v) is 16.2. The van der Waals surface area contributed by atoms with Crippen LogP contribution in [-0.4, -0.2) is 192 Å². The lowest BCUT2D eigenvalue weighted by Gasteiger charge is -2.32. The standard InChI is InChI=1S/C52H97N9O14S4/c1-13-58(76(68,69)34-39(4)5)27-46(22-23-52(66)67)55-49(63)31-61(79(74,75)37-42(10)11)30-48(26-44-19-15-14-16-20-44)57-51(65)33-60(78(72,73)36-41(8)9)29-47(25-38(2)3)56-50(64)32-59(77(70,71)35-40(6)7)28-45(54-43(12)62)21-17-18-24-53/h14-16,19-20,38-42,45-48H,13,17-18,21-37,53H2,1-12H3,(H,54,62)(H,55,63)(H,56,64)(H,57,65)(H,66,67)/t45-,46-,47-,48-/m0/s1. The van der Waals surface area contributed by atoms with E-state index in [9.17, 15) is 62.8 Å². The average molecular weight is 1200 g/mol. The zero-order valence-corrected chi connectivity index (χ0v) is 52.2. The minimum Gasteiger partial charge on any atom is -0.481 e. The number of aliphatic carboxylic acids is 1. The Balaban J connectivity index is 3.80. The summed E-state index contributed by atoms with van der Waals surface area (Å²) in [6.45, 7) is 17.0. The SMILES string of the molecule is CCN(C[C@H](CCC(=O)O)NC(=O)CN(C[C@H](Cc1ccccc1)NC(=O)CN(C[C@H](CC(C)C)NC(=O)CN(C[C@H](CCCCN)NC(C)=O)S(=O)(=O)CC(C)C)S(=O)(=O)CC(C)C)S(=O)(=O)CC(C)C)S(=O)(=O)CC(C)C. The Morgan fingerprint density at radius 1 is 0.506 bits per heavy atom.